The fourth-order valence-corrected chi connectivity index (χ4v) is 3.14. The summed E-state index contributed by atoms with van der Waals surface area (Å²) < 4.78 is 2.09. The van der Waals surface area contributed by atoms with Gasteiger partial charge in [-0.15, -0.1) is 0 Å². The van der Waals surface area contributed by atoms with Gasteiger partial charge in [-0.3, -0.25) is 0 Å². The van der Waals surface area contributed by atoms with Gasteiger partial charge in [0.1, 0.15) is 5.69 Å². The Bertz CT molecular complexity index is 1020. The largest absolute Gasteiger partial charge is 0.287 e. The number of rotatable bonds is 2. The molecule has 3 aromatic carbocycles. The van der Waals surface area contributed by atoms with Crippen LogP contribution >= 0.6 is 0 Å². The van der Waals surface area contributed by atoms with E-state index >= 15 is 0 Å². The van der Waals surface area contributed by atoms with E-state index in [0.29, 0.717) is 0 Å². The lowest BCUT2D eigenvalue weighted by Crippen LogP contribution is -2.31. The summed E-state index contributed by atoms with van der Waals surface area (Å²) in [4.78, 5) is 4.59. The fraction of sp³-hybridized carbons (Fsp3) is 0.0909. The Morgan fingerprint density at radius 3 is 2.21 bits per heavy atom. The summed E-state index contributed by atoms with van der Waals surface area (Å²) in [5.41, 5.74) is 5.83. The molecule has 1 heterocycles. The summed E-state index contributed by atoms with van der Waals surface area (Å²) in [7, 11) is 2.05. The van der Waals surface area contributed by atoms with Crippen LogP contribution in [0.5, 0.6) is 0 Å². The summed E-state index contributed by atoms with van der Waals surface area (Å²) in [5.74, 6) is 0. The lowest BCUT2D eigenvalue weighted by molar-refractivity contribution is -0.663. The van der Waals surface area contributed by atoms with Crippen molar-refractivity contribution < 1.29 is 4.57 Å². The molecule has 0 saturated carbocycles. The van der Waals surface area contributed by atoms with Crippen LogP contribution in [0.3, 0.4) is 0 Å². The minimum Gasteiger partial charge on any atom is -0.232 e. The zero-order valence-electron chi connectivity index (χ0n) is 13.9. The molecule has 0 unspecified atom stereocenters. The second-order valence-corrected chi connectivity index (χ2v) is 6.15. The first-order valence-electron chi connectivity index (χ1n) is 8.13. The number of aromatic nitrogens is 2. The van der Waals surface area contributed by atoms with Gasteiger partial charge < -0.3 is 0 Å². The summed E-state index contributed by atoms with van der Waals surface area (Å²) in [6.07, 6.45) is 1.90. The summed E-state index contributed by atoms with van der Waals surface area (Å²) in [6, 6.07) is 25.5. The highest BCUT2D eigenvalue weighted by Gasteiger charge is 2.15. The quantitative estimate of drug-likeness (QED) is 0.490. The van der Waals surface area contributed by atoms with Crippen LogP contribution in [-0.2, 0) is 7.05 Å². The molecule has 0 N–H and O–H groups in total. The lowest BCUT2D eigenvalue weighted by Gasteiger charge is -2.09. The molecule has 2 heteroatoms. The van der Waals surface area contributed by atoms with E-state index in [0.717, 1.165) is 11.3 Å². The molecule has 0 bridgehead atoms. The second kappa shape index (κ2) is 5.89. The molecule has 116 valence electrons. The fourth-order valence-electron chi connectivity index (χ4n) is 3.14. The Morgan fingerprint density at radius 1 is 0.792 bits per heavy atom. The van der Waals surface area contributed by atoms with E-state index in [-0.39, 0.29) is 0 Å². The molecule has 2 nitrogen and oxygen atoms in total. The van der Waals surface area contributed by atoms with E-state index in [1.165, 1.54) is 27.6 Å². The van der Waals surface area contributed by atoms with Crippen molar-refractivity contribution >= 4 is 10.8 Å². The van der Waals surface area contributed by atoms with Gasteiger partial charge >= 0.3 is 0 Å². The van der Waals surface area contributed by atoms with Crippen molar-refractivity contribution in [3.05, 3.63) is 84.7 Å². The van der Waals surface area contributed by atoms with Crippen molar-refractivity contribution in [1.29, 1.82) is 0 Å². The first-order valence-corrected chi connectivity index (χ1v) is 8.13. The molecule has 0 radical (unpaired) electrons. The number of aryl methyl sites for hydroxylation is 2. The maximum atomic E-state index is 4.59. The topological polar surface area (TPSA) is 16.8 Å². The Morgan fingerprint density at radius 2 is 1.46 bits per heavy atom. The molecule has 0 amide bonds. The van der Waals surface area contributed by atoms with Crippen LogP contribution in [0.1, 0.15) is 5.56 Å². The number of hydrogen-bond donors (Lipinski definition) is 0. The molecular formula is C22H19N2+. The molecule has 0 atom stereocenters. The normalized spacial score (nSPS) is 10.9. The van der Waals surface area contributed by atoms with Crippen LogP contribution in [0.2, 0.25) is 0 Å². The molecular weight excluding hydrogens is 292 g/mol. The summed E-state index contributed by atoms with van der Waals surface area (Å²) in [6.45, 7) is 2.17. The summed E-state index contributed by atoms with van der Waals surface area (Å²) >= 11 is 0. The number of benzene rings is 3. The smallest absolute Gasteiger partial charge is 0.232 e. The minimum atomic E-state index is 0.997. The summed E-state index contributed by atoms with van der Waals surface area (Å²) in [5, 5.41) is 2.54. The highest BCUT2D eigenvalue weighted by Crippen LogP contribution is 2.28. The van der Waals surface area contributed by atoms with E-state index in [9.17, 15) is 0 Å². The average molecular weight is 311 g/mol. The van der Waals surface area contributed by atoms with Crippen molar-refractivity contribution in [2.75, 3.05) is 0 Å². The van der Waals surface area contributed by atoms with Gasteiger partial charge in [0.15, 0.2) is 5.69 Å². The number of hydrogen-bond acceptors (Lipinski definition) is 1. The van der Waals surface area contributed by atoms with Gasteiger partial charge in [-0.25, -0.2) is 4.57 Å². The van der Waals surface area contributed by atoms with Crippen molar-refractivity contribution in [3.63, 3.8) is 0 Å². The van der Waals surface area contributed by atoms with Gasteiger partial charge in [-0.1, -0.05) is 60.7 Å². The second-order valence-electron chi connectivity index (χ2n) is 6.15. The van der Waals surface area contributed by atoms with Crippen molar-refractivity contribution in [2.24, 2.45) is 7.05 Å². The monoisotopic (exact) mass is 311 g/mol. The molecule has 0 aliphatic carbocycles. The highest BCUT2D eigenvalue weighted by molar-refractivity contribution is 5.88. The van der Waals surface area contributed by atoms with E-state index < -0.39 is 0 Å². The molecule has 0 spiro atoms. The van der Waals surface area contributed by atoms with Gasteiger partial charge in [-0.2, -0.15) is 0 Å². The van der Waals surface area contributed by atoms with Crippen LogP contribution in [0.4, 0.5) is 0 Å². The van der Waals surface area contributed by atoms with Gasteiger partial charge in [0.2, 0.25) is 0 Å². The van der Waals surface area contributed by atoms with E-state index in [4.69, 9.17) is 0 Å². The molecule has 0 saturated heterocycles. The molecule has 4 rings (SSSR count). The van der Waals surface area contributed by atoms with Gasteiger partial charge in [0, 0.05) is 17.2 Å². The SMILES string of the molecule is Cc1cc2ccccc2cc1-c1cc(-c2ccccc2)nc[n+]1C. The minimum absolute atomic E-state index is 0.997. The van der Waals surface area contributed by atoms with E-state index in [1.54, 1.807) is 0 Å². The third kappa shape index (κ3) is 2.56. The van der Waals surface area contributed by atoms with Crippen molar-refractivity contribution in [2.45, 2.75) is 6.92 Å². The predicted molar refractivity (Wildman–Crippen MR) is 98.5 cm³/mol. The Hall–Kier alpha value is -3.00. The van der Waals surface area contributed by atoms with Crippen LogP contribution in [0, 0.1) is 6.92 Å². The third-order valence-electron chi connectivity index (χ3n) is 4.46. The zero-order valence-corrected chi connectivity index (χ0v) is 13.9. The van der Waals surface area contributed by atoms with Gasteiger partial charge in [0.25, 0.3) is 6.33 Å². The molecule has 0 aliphatic rings. The highest BCUT2D eigenvalue weighted by atomic mass is 15.0. The maximum absolute atomic E-state index is 4.59. The molecule has 24 heavy (non-hydrogen) atoms. The van der Waals surface area contributed by atoms with Crippen LogP contribution < -0.4 is 4.57 Å². The van der Waals surface area contributed by atoms with Crippen LogP contribution in [0.15, 0.2) is 79.1 Å². The average Bonchev–Trinajstić information content (AvgIpc) is 2.62. The Kier molecular flexibility index (Phi) is 3.58. The molecule has 1 aromatic heterocycles. The third-order valence-corrected chi connectivity index (χ3v) is 4.46. The molecule has 0 fully saturated rings. The van der Waals surface area contributed by atoms with Gasteiger partial charge in [0.05, 0.1) is 7.05 Å². The van der Waals surface area contributed by atoms with Crippen LogP contribution in [0.25, 0.3) is 33.3 Å². The number of nitrogens with zero attached hydrogens (tertiary/aromatic N) is 2. The first-order chi connectivity index (χ1) is 11.7. The lowest BCUT2D eigenvalue weighted by atomic mass is 9.98. The van der Waals surface area contributed by atoms with E-state index in [2.05, 4.69) is 71.1 Å². The molecule has 4 aromatic rings. The van der Waals surface area contributed by atoms with E-state index in [1.807, 2.05) is 31.6 Å². The standard InChI is InChI=1S/C22H19N2/c1-16-12-18-10-6-7-11-19(18)13-20(16)22-14-21(23-15-24(22)2)17-8-4-3-5-9-17/h3-15H,1-2H3/q+1. The zero-order chi connectivity index (χ0) is 16.5. The number of fused-ring (bicyclic) bond motifs is 1. The van der Waals surface area contributed by atoms with Crippen LogP contribution in [-0.4, -0.2) is 4.98 Å². The Balaban J connectivity index is 1.92. The van der Waals surface area contributed by atoms with Crippen molar-refractivity contribution in [1.82, 2.24) is 4.98 Å². The van der Waals surface area contributed by atoms with Crippen molar-refractivity contribution in [3.8, 4) is 22.5 Å². The first kappa shape index (κ1) is 14.6. The Labute approximate surface area is 142 Å². The predicted octanol–water partition coefficient (Wildman–Crippen LogP) is 4.70. The van der Waals surface area contributed by atoms with Gasteiger partial charge in [-0.05, 0) is 34.3 Å². The molecule has 0 aliphatic heterocycles. The maximum Gasteiger partial charge on any atom is 0.287 e.